The van der Waals surface area contributed by atoms with E-state index in [9.17, 15) is 9.59 Å². The van der Waals surface area contributed by atoms with E-state index in [4.69, 9.17) is 0 Å². The van der Waals surface area contributed by atoms with Gasteiger partial charge in [0.25, 0.3) is 5.56 Å². The molecule has 0 spiro atoms. The highest BCUT2D eigenvalue weighted by molar-refractivity contribution is 7.00. The van der Waals surface area contributed by atoms with Crippen molar-refractivity contribution in [2.24, 2.45) is 0 Å². The van der Waals surface area contributed by atoms with Crippen molar-refractivity contribution in [2.75, 3.05) is 18.4 Å². The summed E-state index contributed by atoms with van der Waals surface area (Å²) in [5.41, 5.74) is 2.55. The van der Waals surface area contributed by atoms with Gasteiger partial charge in [-0.1, -0.05) is 25.1 Å². The lowest BCUT2D eigenvalue weighted by Crippen LogP contribution is -2.34. The van der Waals surface area contributed by atoms with Gasteiger partial charge in [0, 0.05) is 0 Å². The molecule has 2 N–H and O–H groups in total. The molecule has 0 fully saturated rings. The van der Waals surface area contributed by atoms with Crippen molar-refractivity contribution in [3.05, 3.63) is 58.6 Å². The number of fused-ring (bicyclic) bond motifs is 2. The Kier molecular flexibility index (Phi) is 5.09. The van der Waals surface area contributed by atoms with Crippen LogP contribution in [-0.4, -0.2) is 42.6 Å². The zero-order valence-corrected chi connectivity index (χ0v) is 16.0. The van der Waals surface area contributed by atoms with Gasteiger partial charge in [0.2, 0.25) is 5.91 Å². The summed E-state index contributed by atoms with van der Waals surface area (Å²) in [6.07, 6.45) is 0. The van der Waals surface area contributed by atoms with Crippen LogP contribution in [0.2, 0.25) is 0 Å². The number of likely N-dealkylation sites (N-methyl/N-ethyl adjacent to an activating group) is 1. The molecule has 4 aromatic rings. The molecule has 8 nitrogen and oxygen atoms in total. The van der Waals surface area contributed by atoms with Crippen LogP contribution in [0.3, 0.4) is 0 Å². The zero-order chi connectivity index (χ0) is 19.5. The van der Waals surface area contributed by atoms with E-state index in [1.54, 1.807) is 24.3 Å². The fraction of sp³-hybridized carbons (Fsp3) is 0.211. The second-order valence-corrected chi connectivity index (χ2v) is 6.85. The minimum Gasteiger partial charge on any atom is -0.323 e. The van der Waals surface area contributed by atoms with Crippen molar-refractivity contribution in [2.45, 2.75) is 13.5 Å². The number of rotatable bonds is 6. The third-order valence-corrected chi connectivity index (χ3v) is 4.95. The molecule has 0 saturated carbocycles. The number of hydrogen-bond donors (Lipinski definition) is 2. The lowest BCUT2D eigenvalue weighted by molar-refractivity contribution is -0.117. The predicted octanol–water partition coefficient (Wildman–Crippen LogP) is 2.39. The van der Waals surface area contributed by atoms with Crippen molar-refractivity contribution in [3.8, 4) is 0 Å². The quantitative estimate of drug-likeness (QED) is 0.520. The summed E-state index contributed by atoms with van der Waals surface area (Å²) in [5, 5.41) is 3.45. The molecule has 0 aliphatic rings. The van der Waals surface area contributed by atoms with Crippen molar-refractivity contribution < 1.29 is 4.79 Å². The number of amides is 1. The Bertz CT molecular complexity index is 1200. The number of aromatic nitrogens is 4. The summed E-state index contributed by atoms with van der Waals surface area (Å²) >= 11 is 1.11. The lowest BCUT2D eigenvalue weighted by atomic mass is 10.2. The average Bonchev–Trinajstić information content (AvgIpc) is 3.17. The first-order chi connectivity index (χ1) is 13.6. The number of aromatic amines is 1. The monoisotopic (exact) mass is 394 g/mol. The fourth-order valence-corrected chi connectivity index (χ4v) is 3.55. The molecule has 0 atom stereocenters. The molecule has 4 rings (SSSR count). The van der Waals surface area contributed by atoms with Gasteiger partial charge >= 0.3 is 0 Å². The average molecular weight is 394 g/mol. The van der Waals surface area contributed by atoms with Gasteiger partial charge in [-0.05, 0) is 30.8 Å². The number of nitrogens with one attached hydrogen (secondary N) is 2. The minimum atomic E-state index is -0.177. The Balaban J connectivity index is 1.48. The van der Waals surface area contributed by atoms with Gasteiger partial charge in [-0.3, -0.25) is 14.5 Å². The van der Waals surface area contributed by atoms with Gasteiger partial charge in [-0.15, -0.1) is 0 Å². The van der Waals surface area contributed by atoms with E-state index in [2.05, 4.69) is 24.0 Å². The standard InChI is InChI=1S/C19H18N6O2S/c1-2-25(10-16-20-13-7-4-3-6-12(13)19(27)22-16)11-17(26)21-14-8-5-9-15-18(14)24-28-23-15/h3-9H,2,10-11H2,1H3,(H,21,26)(H,20,22,27). The smallest absolute Gasteiger partial charge is 0.258 e. The molecular formula is C19H18N6O2S. The topological polar surface area (TPSA) is 104 Å². The minimum absolute atomic E-state index is 0.162. The van der Waals surface area contributed by atoms with E-state index in [0.717, 1.165) is 17.2 Å². The van der Waals surface area contributed by atoms with Crippen LogP contribution in [0.25, 0.3) is 21.9 Å². The van der Waals surface area contributed by atoms with Crippen LogP contribution < -0.4 is 10.9 Å². The molecule has 1 amide bonds. The summed E-state index contributed by atoms with van der Waals surface area (Å²) in [7, 11) is 0. The largest absolute Gasteiger partial charge is 0.323 e. The summed E-state index contributed by atoms with van der Waals surface area (Å²) in [6, 6.07) is 12.7. The van der Waals surface area contributed by atoms with E-state index >= 15 is 0 Å². The summed E-state index contributed by atoms with van der Waals surface area (Å²) in [4.78, 5) is 34.0. The zero-order valence-electron chi connectivity index (χ0n) is 15.2. The van der Waals surface area contributed by atoms with Gasteiger partial charge in [0.1, 0.15) is 16.9 Å². The number of para-hydroxylation sites is 1. The maximum Gasteiger partial charge on any atom is 0.258 e. The number of H-pyrrole nitrogens is 1. The number of anilines is 1. The fourth-order valence-electron chi connectivity index (χ4n) is 3.00. The highest BCUT2D eigenvalue weighted by Gasteiger charge is 2.14. The molecule has 0 aliphatic carbocycles. The summed E-state index contributed by atoms with van der Waals surface area (Å²) < 4.78 is 8.41. The molecular weight excluding hydrogens is 376 g/mol. The Morgan fingerprint density at radius 1 is 1.14 bits per heavy atom. The predicted molar refractivity (Wildman–Crippen MR) is 109 cm³/mol. The molecule has 142 valence electrons. The van der Waals surface area contributed by atoms with Crippen LogP contribution in [-0.2, 0) is 11.3 Å². The van der Waals surface area contributed by atoms with E-state index in [-0.39, 0.29) is 18.0 Å². The van der Waals surface area contributed by atoms with Crippen LogP contribution in [0.15, 0.2) is 47.3 Å². The molecule has 0 bridgehead atoms. The highest BCUT2D eigenvalue weighted by atomic mass is 32.1. The molecule has 2 aromatic heterocycles. The maximum atomic E-state index is 12.5. The van der Waals surface area contributed by atoms with Crippen molar-refractivity contribution in [1.29, 1.82) is 0 Å². The molecule has 2 aromatic carbocycles. The second-order valence-electron chi connectivity index (χ2n) is 6.32. The number of nitrogens with zero attached hydrogens (tertiary/aromatic N) is 4. The van der Waals surface area contributed by atoms with E-state index in [1.807, 2.05) is 30.0 Å². The second kappa shape index (κ2) is 7.83. The highest BCUT2D eigenvalue weighted by Crippen LogP contribution is 2.21. The maximum absolute atomic E-state index is 12.5. The van der Waals surface area contributed by atoms with Crippen molar-refractivity contribution in [3.63, 3.8) is 0 Å². The van der Waals surface area contributed by atoms with Crippen LogP contribution in [0.5, 0.6) is 0 Å². The summed E-state index contributed by atoms with van der Waals surface area (Å²) in [5.74, 6) is 0.370. The SMILES string of the molecule is CCN(CC(=O)Nc1cccc2nsnc12)Cc1nc2ccccc2c(=O)[nH]1. The molecule has 28 heavy (non-hydrogen) atoms. The Hall–Kier alpha value is -3.17. The molecule has 9 heteroatoms. The Labute approximate surface area is 164 Å². The van der Waals surface area contributed by atoms with Gasteiger partial charge in [0.15, 0.2) is 0 Å². The molecule has 0 saturated heterocycles. The first-order valence-corrected chi connectivity index (χ1v) is 9.58. The van der Waals surface area contributed by atoms with Crippen LogP contribution in [0, 0.1) is 0 Å². The molecule has 0 aliphatic heterocycles. The normalized spacial score (nSPS) is 11.4. The van der Waals surface area contributed by atoms with Gasteiger partial charge in [-0.25, -0.2) is 4.98 Å². The number of hydrogen-bond acceptors (Lipinski definition) is 7. The third-order valence-electron chi connectivity index (χ3n) is 4.41. The number of benzene rings is 2. The van der Waals surface area contributed by atoms with Gasteiger partial charge in [-0.2, -0.15) is 8.75 Å². The van der Waals surface area contributed by atoms with Crippen molar-refractivity contribution in [1.82, 2.24) is 23.6 Å². The van der Waals surface area contributed by atoms with Gasteiger partial charge < -0.3 is 10.3 Å². The van der Waals surface area contributed by atoms with Crippen LogP contribution >= 0.6 is 11.7 Å². The van der Waals surface area contributed by atoms with Gasteiger partial charge in [0.05, 0.1) is 41.4 Å². The lowest BCUT2D eigenvalue weighted by Gasteiger charge is -2.19. The Morgan fingerprint density at radius 3 is 2.82 bits per heavy atom. The van der Waals surface area contributed by atoms with E-state index in [1.165, 1.54) is 0 Å². The molecule has 0 radical (unpaired) electrons. The van der Waals surface area contributed by atoms with Crippen molar-refractivity contribution >= 4 is 45.3 Å². The molecule has 0 unspecified atom stereocenters. The summed E-state index contributed by atoms with van der Waals surface area (Å²) in [6.45, 7) is 3.12. The molecule has 2 heterocycles. The number of carbonyl (C=O) groups is 1. The third kappa shape index (κ3) is 3.75. The Morgan fingerprint density at radius 2 is 1.96 bits per heavy atom. The van der Waals surface area contributed by atoms with Crippen LogP contribution in [0.4, 0.5) is 5.69 Å². The first-order valence-electron chi connectivity index (χ1n) is 8.85. The first kappa shape index (κ1) is 18.2. The van der Waals surface area contributed by atoms with E-state index in [0.29, 0.717) is 41.0 Å². The number of carbonyl (C=O) groups excluding carboxylic acids is 1. The van der Waals surface area contributed by atoms with Crippen LogP contribution in [0.1, 0.15) is 12.7 Å². The van der Waals surface area contributed by atoms with E-state index < -0.39 is 0 Å².